The van der Waals surface area contributed by atoms with E-state index >= 15 is 0 Å². The number of nitriles is 1. The van der Waals surface area contributed by atoms with Gasteiger partial charge in [-0.3, -0.25) is 14.9 Å². The first-order valence-corrected chi connectivity index (χ1v) is 11.9. The number of nitro benzene ring substituents is 1. The van der Waals surface area contributed by atoms with E-state index in [1.165, 1.54) is 18.2 Å². The van der Waals surface area contributed by atoms with E-state index in [0.717, 1.165) is 4.47 Å². The molecule has 0 bridgehead atoms. The van der Waals surface area contributed by atoms with E-state index in [1.807, 2.05) is 13.0 Å². The van der Waals surface area contributed by atoms with Gasteiger partial charge in [-0.05, 0) is 60.5 Å². The molecule has 3 rings (SSSR count). The number of nitro groups is 1. The van der Waals surface area contributed by atoms with Gasteiger partial charge in [0.1, 0.15) is 18.2 Å². The third-order valence-corrected chi connectivity index (χ3v) is 5.86. The molecule has 1 N–H and O–H groups in total. The molecule has 0 radical (unpaired) electrons. The van der Waals surface area contributed by atoms with Crippen molar-refractivity contribution in [3.05, 3.63) is 96.4 Å². The van der Waals surface area contributed by atoms with E-state index < -0.39 is 10.8 Å². The molecule has 8 nitrogen and oxygen atoms in total. The topological polar surface area (TPSA) is 114 Å². The fourth-order valence-corrected chi connectivity index (χ4v) is 3.70. The lowest BCUT2D eigenvalue weighted by atomic mass is 10.1. The van der Waals surface area contributed by atoms with Crippen LogP contribution >= 0.6 is 31.9 Å². The molecule has 0 saturated carbocycles. The number of nitrogens with zero attached hydrogens (tertiary/aromatic N) is 2. The smallest absolute Gasteiger partial charge is 0.269 e. The van der Waals surface area contributed by atoms with E-state index in [0.29, 0.717) is 39.4 Å². The van der Waals surface area contributed by atoms with Crippen molar-refractivity contribution in [2.45, 2.75) is 13.5 Å². The molecule has 35 heavy (non-hydrogen) atoms. The minimum Gasteiger partial charge on any atom is -0.490 e. The summed E-state index contributed by atoms with van der Waals surface area (Å²) in [4.78, 5) is 23.2. The van der Waals surface area contributed by atoms with Gasteiger partial charge in [-0.1, -0.05) is 44.0 Å². The van der Waals surface area contributed by atoms with E-state index in [-0.39, 0.29) is 17.9 Å². The quantitative estimate of drug-likeness (QED) is 0.127. The number of ether oxygens (including phenoxy) is 2. The third-order valence-electron chi connectivity index (χ3n) is 4.65. The molecule has 0 aromatic heterocycles. The van der Waals surface area contributed by atoms with Gasteiger partial charge < -0.3 is 14.8 Å². The van der Waals surface area contributed by atoms with Crippen LogP contribution in [0.4, 0.5) is 11.4 Å². The van der Waals surface area contributed by atoms with Crippen molar-refractivity contribution in [3.63, 3.8) is 0 Å². The van der Waals surface area contributed by atoms with Crippen molar-refractivity contribution in [2.75, 3.05) is 11.9 Å². The number of rotatable bonds is 9. The van der Waals surface area contributed by atoms with E-state index in [9.17, 15) is 20.2 Å². The van der Waals surface area contributed by atoms with Crippen LogP contribution in [0.3, 0.4) is 0 Å². The minimum absolute atomic E-state index is 0.0248. The lowest BCUT2D eigenvalue weighted by Crippen LogP contribution is -2.13. The molecule has 0 heterocycles. The molecular formula is C25H19Br2N3O5. The van der Waals surface area contributed by atoms with Crippen LogP contribution in [0.2, 0.25) is 0 Å². The van der Waals surface area contributed by atoms with Crippen LogP contribution in [0.1, 0.15) is 18.1 Å². The van der Waals surface area contributed by atoms with E-state index in [1.54, 1.807) is 48.5 Å². The van der Waals surface area contributed by atoms with Crippen molar-refractivity contribution < 1.29 is 19.2 Å². The van der Waals surface area contributed by atoms with Crippen molar-refractivity contribution in [3.8, 4) is 17.6 Å². The number of non-ortho nitro benzene ring substituents is 1. The zero-order chi connectivity index (χ0) is 25.4. The van der Waals surface area contributed by atoms with Gasteiger partial charge in [0.2, 0.25) is 0 Å². The summed E-state index contributed by atoms with van der Waals surface area (Å²) >= 11 is 6.79. The zero-order valence-electron chi connectivity index (χ0n) is 18.5. The predicted octanol–water partition coefficient (Wildman–Crippen LogP) is 6.64. The van der Waals surface area contributed by atoms with Crippen LogP contribution in [0.5, 0.6) is 11.5 Å². The molecule has 0 unspecified atom stereocenters. The maximum Gasteiger partial charge on any atom is 0.269 e. The summed E-state index contributed by atoms with van der Waals surface area (Å²) in [6.07, 6.45) is 1.45. The minimum atomic E-state index is -0.550. The Bertz CT molecular complexity index is 1320. The molecule has 0 saturated heterocycles. The number of halogens is 2. The molecule has 0 fully saturated rings. The molecule has 10 heteroatoms. The van der Waals surface area contributed by atoms with Crippen LogP contribution in [-0.2, 0) is 11.4 Å². The number of carbonyl (C=O) groups is 1. The largest absolute Gasteiger partial charge is 0.490 e. The summed E-state index contributed by atoms with van der Waals surface area (Å²) in [7, 11) is 0. The van der Waals surface area contributed by atoms with Gasteiger partial charge in [0, 0.05) is 26.8 Å². The molecular weight excluding hydrogens is 582 g/mol. The molecule has 178 valence electrons. The van der Waals surface area contributed by atoms with Crippen LogP contribution in [0.15, 0.2) is 75.2 Å². The van der Waals surface area contributed by atoms with Gasteiger partial charge in [-0.25, -0.2) is 0 Å². The monoisotopic (exact) mass is 599 g/mol. The highest BCUT2D eigenvalue weighted by atomic mass is 79.9. The van der Waals surface area contributed by atoms with E-state index in [2.05, 4.69) is 37.2 Å². The average molecular weight is 601 g/mol. The predicted molar refractivity (Wildman–Crippen MR) is 139 cm³/mol. The van der Waals surface area contributed by atoms with Crippen LogP contribution in [0.25, 0.3) is 6.08 Å². The molecule has 0 atom stereocenters. The first kappa shape index (κ1) is 25.9. The Morgan fingerprint density at radius 1 is 1.11 bits per heavy atom. The average Bonchev–Trinajstić information content (AvgIpc) is 2.84. The summed E-state index contributed by atoms with van der Waals surface area (Å²) in [5, 5.41) is 23.3. The molecule has 0 aliphatic rings. The van der Waals surface area contributed by atoms with Crippen LogP contribution in [-0.4, -0.2) is 17.4 Å². The Balaban J connectivity index is 1.84. The van der Waals surface area contributed by atoms with Crippen LogP contribution in [0, 0.1) is 21.4 Å². The molecule has 3 aromatic rings. The van der Waals surface area contributed by atoms with Gasteiger partial charge in [-0.2, -0.15) is 5.26 Å². The molecule has 0 spiro atoms. The summed E-state index contributed by atoms with van der Waals surface area (Å²) in [5.74, 6) is 0.254. The number of benzene rings is 3. The first-order chi connectivity index (χ1) is 16.8. The van der Waals surface area contributed by atoms with Gasteiger partial charge in [0.25, 0.3) is 11.6 Å². The summed E-state index contributed by atoms with van der Waals surface area (Å²) in [5.41, 5.74) is 1.60. The van der Waals surface area contributed by atoms with Crippen molar-refractivity contribution in [1.29, 1.82) is 5.26 Å². The molecule has 3 aromatic carbocycles. The zero-order valence-corrected chi connectivity index (χ0v) is 21.6. The summed E-state index contributed by atoms with van der Waals surface area (Å²) < 4.78 is 13.0. The standard InChI is InChI=1S/C25H19Br2N3O5/c1-2-34-23-12-17(11-18(14-28)25(31)29-20-8-6-19(26)7-9-20)22(27)13-24(23)35-15-16-4-3-5-21(10-16)30(32)33/h3-13H,2,15H2,1H3,(H,29,31)/b18-11+. The normalized spacial score (nSPS) is 10.9. The number of anilines is 1. The fraction of sp³-hybridized carbons (Fsp3) is 0.120. The van der Waals surface area contributed by atoms with Crippen molar-refractivity contribution in [2.24, 2.45) is 0 Å². The highest BCUT2D eigenvalue weighted by Gasteiger charge is 2.15. The first-order valence-electron chi connectivity index (χ1n) is 10.3. The Morgan fingerprint density at radius 2 is 1.83 bits per heavy atom. The van der Waals surface area contributed by atoms with E-state index in [4.69, 9.17) is 9.47 Å². The SMILES string of the molecule is CCOc1cc(/C=C(\C#N)C(=O)Nc2ccc(Br)cc2)c(Br)cc1OCc1cccc([N+](=O)[O-])c1. The highest BCUT2D eigenvalue weighted by Crippen LogP contribution is 2.35. The second kappa shape index (κ2) is 12.1. The Kier molecular flexibility index (Phi) is 9.00. The summed E-state index contributed by atoms with van der Waals surface area (Å²) in [6, 6.07) is 18.4. The second-order valence-electron chi connectivity index (χ2n) is 7.10. The van der Waals surface area contributed by atoms with Gasteiger partial charge in [0.05, 0.1) is 11.5 Å². The highest BCUT2D eigenvalue weighted by molar-refractivity contribution is 9.10. The number of hydrogen-bond donors (Lipinski definition) is 1. The number of nitrogens with one attached hydrogen (secondary N) is 1. The van der Waals surface area contributed by atoms with Crippen molar-refractivity contribution in [1.82, 2.24) is 0 Å². The fourth-order valence-electron chi connectivity index (χ4n) is 3.00. The van der Waals surface area contributed by atoms with Crippen LogP contribution < -0.4 is 14.8 Å². The Hall–Kier alpha value is -3.68. The van der Waals surface area contributed by atoms with Crippen molar-refractivity contribution >= 4 is 55.2 Å². The number of hydrogen-bond acceptors (Lipinski definition) is 6. The Morgan fingerprint density at radius 3 is 2.49 bits per heavy atom. The maximum atomic E-state index is 12.6. The lowest BCUT2D eigenvalue weighted by molar-refractivity contribution is -0.384. The summed E-state index contributed by atoms with van der Waals surface area (Å²) in [6.45, 7) is 2.25. The third kappa shape index (κ3) is 7.15. The lowest BCUT2D eigenvalue weighted by Gasteiger charge is -2.14. The number of carbonyl (C=O) groups excluding carboxylic acids is 1. The van der Waals surface area contributed by atoms with Gasteiger partial charge >= 0.3 is 0 Å². The molecule has 1 amide bonds. The molecule has 0 aliphatic heterocycles. The molecule has 0 aliphatic carbocycles. The second-order valence-corrected chi connectivity index (χ2v) is 8.87. The Labute approximate surface area is 218 Å². The van der Waals surface area contributed by atoms with Gasteiger partial charge in [0.15, 0.2) is 11.5 Å². The maximum absolute atomic E-state index is 12.6. The van der Waals surface area contributed by atoms with Gasteiger partial charge in [-0.15, -0.1) is 0 Å². The number of amides is 1.